The largest absolute Gasteiger partial charge is 0.456 e. The second-order valence-electron chi connectivity index (χ2n) is 5.86. The highest BCUT2D eigenvalue weighted by molar-refractivity contribution is 5.81. The summed E-state index contributed by atoms with van der Waals surface area (Å²) in [6, 6.07) is 9.39. The molecular weight excluding hydrogens is 308 g/mol. The van der Waals surface area contributed by atoms with Crippen molar-refractivity contribution in [3.05, 3.63) is 35.9 Å². The van der Waals surface area contributed by atoms with Crippen LogP contribution in [-0.2, 0) is 25.5 Å². The first-order chi connectivity index (χ1) is 11.6. The summed E-state index contributed by atoms with van der Waals surface area (Å²) in [5.41, 5.74) is 0.921. The highest BCUT2D eigenvalue weighted by atomic mass is 16.5. The lowest BCUT2D eigenvalue weighted by atomic mass is 10.1. The molecule has 1 heterocycles. The van der Waals surface area contributed by atoms with E-state index in [2.05, 4.69) is 5.32 Å². The van der Waals surface area contributed by atoms with Crippen LogP contribution in [0.3, 0.4) is 0 Å². The third-order valence-electron chi connectivity index (χ3n) is 3.92. The van der Waals surface area contributed by atoms with Crippen molar-refractivity contribution in [1.82, 2.24) is 10.2 Å². The molecule has 1 fully saturated rings. The van der Waals surface area contributed by atoms with Gasteiger partial charge in [0.1, 0.15) is 0 Å². The van der Waals surface area contributed by atoms with Crippen molar-refractivity contribution in [2.45, 2.75) is 32.1 Å². The Bertz CT molecular complexity index is 553. The van der Waals surface area contributed by atoms with Gasteiger partial charge in [-0.25, -0.2) is 0 Å². The van der Waals surface area contributed by atoms with Crippen molar-refractivity contribution < 1.29 is 19.1 Å². The number of nitrogens with one attached hydrogen (secondary N) is 1. The molecule has 0 aliphatic carbocycles. The smallest absolute Gasteiger partial charge is 0.308 e. The third kappa shape index (κ3) is 6.40. The minimum absolute atomic E-state index is 0.0633. The van der Waals surface area contributed by atoms with Crippen LogP contribution < -0.4 is 5.32 Å². The van der Waals surface area contributed by atoms with E-state index in [4.69, 9.17) is 4.74 Å². The van der Waals surface area contributed by atoms with E-state index in [1.165, 1.54) is 0 Å². The molecule has 1 saturated heterocycles. The van der Waals surface area contributed by atoms with Gasteiger partial charge in [-0.15, -0.1) is 0 Å². The monoisotopic (exact) mass is 332 g/mol. The van der Waals surface area contributed by atoms with Crippen LogP contribution in [0.25, 0.3) is 0 Å². The molecule has 0 radical (unpaired) electrons. The maximum absolute atomic E-state index is 11.9. The number of likely N-dealkylation sites (tertiary alicyclic amines) is 1. The SMILES string of the molecule is O=C(Cc1ccccc1)NCCC(=O)OCC(=O)N1CCCCC1. The van der Waals surface area contributed by atoms with E-state index in [0.29, 0.717) is 0 Å². The summed E-state index contributed by atoms with van der Waals surface area (Å²) in [5, 5.41) is 2.68. The van der Waals surface area contributed by atoms with E-state index in [9.17, 15) is 14.4 Å². The lowest BCUT2D eigenvalue weighted by Crippen LogP contribution is -2.38. The van der Waals surface area contributed by atoms with Gasteiger partial charge >= 0.3 is 5.97 Å². The Morgan fingerprint density at radius 2 is 1.75 bits per heavy atom. The predicted octanol–water partition coefficient (Wildman–Crippen LogP) is 1.29. The Morgan fingerprint density at radius 3 is 2.46 bits per heavy atom. The van der Waals surface area contributed by atoms with Gasteiger partial charge in [-0.05, 0) is 24.8 Å². The molecule has 2 amide bonds. The minimum Gasteiger partial charge on any atom is -0.456 e. The molecule has 1 aliphatic heterocycles. The van der Waals surface area contributed by atoms with Crippen molar-refractivity contribution in [1.29, 1.82) is 0 Å². The van der Waals surface area contributed by atoms with Crippen LogP contribution in [0.2, 0.25) is 0 Å². The standard InChI is InChI=1S/C18H24N2O4/c21-16(13-15-7-3-1-4-8-15)19-10-9-18(23)24-14-17(22)20-11-5-2-6-12-20/h1,3-4,7-8H,2,5-6,9-14H2,(H,19,21). The Balaban J connectivity index is 1.57. The van der Waals surface area contributed by atoms with Crippen LogP contribution in [0, 0.1) is 0 Å². The molecule has 6 heteroatoms. The average molecular weight is 332 g/mol. The second kappa shape index (κ2) is 9.70. The zero-order chi connectivity index (χ0) is 17.2. The summed E-state index contributed by atoms with van der Waals surface area (Å²) in [5.74, 6) is -0.755. The molecule has 1 aliphatic rings. The van der Waals surface area contributed by atoms with Crippen LogP contribution in [-0.4, -0.2) is 48.9 Å². The summed E-state index contributed by atoms with van der Waals surface area (Å²) in [6.07, 6.45) is 3.50. The minimum atomic E-state index is -0.472. The summed E-state index contributed by atoms with van der Waals surface area (Å²) < 4.78 is 4.98. The Hall–Kier alpha value is -2.37. The van der Waals surface area contributed by atoms with Gasteiger partial charge in [-0.2, -0.15) is 0 Å². The van der Waals surface area contributed by atoms with Crippen molar-refractivity contribution in [2.24, 2.45) is 0 Å². The number of hydrogen-bond acceptors (Lipinski definition) is 4. The highest BCUT2D eigenvalue weighted by Crippen LogP contribution is 2.08. The topological polar surface area (TPSA) is 75.7 Å². The van der Waals surface area contributed by atoms with E-state index < -0.39 is 5.97 Å². The number of ether oxygens (including phenoxy) is 1. The number of benzene rings is 1. The van der Waals surface area contributed by atoms with Gasteiger partial charge < -0.3 is 15.0 Å². The van der Waals surface area contributed by atoms with Gasteiger partial charge in [-0.1, -0.05) is 30.3 Å². The Morgan fingerprint density at radius 1 is 1.04 bits per heavy atom. The molecule has 0 bridgehead atoms. The van der Waals surface area contributed by atoms with Gasteiger partial charge in [0.2, 0.25) is 5.91 Å². The summed E-state index contributed by atoms with van der Waals surface area (Å²) >= 11 is 0. The lowest BCUT2D eigenvalue weighted by molar-refractivity contribution is -0.152. The molecule has 6 nitrogen and oxygen atoms in total. The van der Waals surface area contributed by atoms with Crippen LogP contribution in [0.4, 0.5) is 0 Å². The van der Waals surface area contributed by atoms with Crippen molar-refractivity contribution >= 4 is 17.8 Å². The molecule has 0 saturated carbocycles. The van der Waals surface area contributed by atoms with Crippen LogP contribution in [0.5, 0.6) is 0 Å². The van der Waals surface area contributed by atoms with Gasteiger partial charge in [0.15, 0.2) is 6.61 Å². The van der Waals surface area contributed by atoms with Gasteiger partial charge in [-0.3, -0.25) is 14.4 Å². The van der Waals surface area contributed by atoms with E-state index in [0.717, 1.165) is 37.9 Å². The van der Waals surface area contributed by atoms with Crippen LogP contribution >= 0.6 is 0 Å². The third-order valence-corrected chi connectivity index (χ3v) is 3.92. The molecule has 130 valence electrons. The maximum atomic E-state index is 11.9. The number of esters is 1. The number of amides is 2. The van der Waals surface area contributed by atoms with Crippen molar-refractivity contribution in [2.75, 3.05) is 26.2 Å². The molecule has 2 rings (SSSR count). The normalized spacial score (nSPS) is 14.1. The molecule has 0 atom stereocenters. The molecule has 24 heavy (non-hydrogen) atoms. The number of hydrogen-bond donors (Lipinski definition) is 1. The van der Waals surface area contributed by atoms with E-state index in [1.54, 1.807) is 4.90 Å². The average Bonchev–Trinajstić information content (AvgIpc) is 2.61. The molecule has 0 unspecified atom stereocenters. The molecular formula is C18H24N2O4. The highest BCUT2D eigenvalue weighted by Gasteiger charge is 2.17. The molecule has 0 aromatic heterocycles. The van der Waals surface area contributed by atoms with Gasteiger partial charge in [0.05, 0.1) is 12.8 Å². The Kier molecular flexibility index (Phi) is 7.26. The van der Waals surface area contributed by atoms with Crippen LogP contribution in [0.15, 0.2) is 30.3 Å². The fraction of sp³-hybridized carbons (Fsp3) is 0.500. The van der Waals surface area contributed by atoms with E-state index >= 15 is 0 Å². The zero-order valence-electron chi connectivity index (χ0n) is 13.8. The van der Waals surface area contributed by atoms with Crippen molar-refractivity contribution in [3.63, 3.8) is 0 Å². The second-order valence-corrected chi connectivity index (χ2v) is 5.86. The van der Waals surface area contributed by atoms with Crippen LogP contribution in [0.1, 0.15) is 31.2 Å². The van der Waals surface area contributed by atoms with E-state index in [1.807, 2.05) is 30.3 Å². The molecule has 1 aromatic carbocycles. The number of rotatable bonds is 7. The zero-order valence-corrected chi connectivity index (χ0v) is 13.8. The number of piperidine rings is 1. The summed E-state index contributed by atoms with van der Waals surface area (Å²) in [7, 11) is 0. The molecule has 0 spiro atoms. The Labute approximate surface area is 142 Å². The van der Waals surface area contributed by atoms with Crippen molar-refractivity contribution in [3.8, 4) is 0 Å². The quantitative estimate of drug-likeness (QED) is 0.764. The first-order valence-electron chi connectivity index (χ1n) is 8.39. The number of carbonyl (C=O) groups is 3. The fourth-order valence-electron chi connectivity index (χ4n) is 2.60. The summed E-state index contributed by atoms with van der Waals surface area (Å²) in [6.45, 7) is 1.48. The molecule has 1 aromatic rings. The predicted molar refractivity (Wildman–Crippen MR) is 89.2 cm³/mol. The maximum Gasteiger partial charge on any atom is 0.308 e. The lowest BCUT2D eigenvalue weighted by Gasteiger charge is -2.26. The van der Waals surface area contributed by atoms with Gasteiger partial charge in [0, 0.05) is 19.6 Å². The summed E-state index contributed by atoms with van der Waals surface area (Å²) in [4.78, 5) is 37.0. The van der Waals surface area contributed by atoms with E-state index in [-0.39, 0.29) is 37.8 Å². The fourth-order valence-corrected chi connectivity index (χ4v) is 2.60. The molecule has 1 N–H and O–H groups in total. The number of nitrogens with zero attached hydrogens (tertiary/aromatic N) is 1. The van der Waals surface area contributed by atoms with Gasteiger partial charge in [0.25, 0.3) is 5.91 Å². The number of carbonyl (C=O) groups excluding carboxylic acids is 3. The first-order valence-corrected chi connectivity index (χ1v) is 8.39. The first kappa shape index (κ1) is 18.0.